The van der Waals surface area contributed by atoms with Gasteiger partial charge in [0.1, 0.15) is 11.5 Å². The highest BCUT2D eigenvalue weighted by atomic mass is 16.7. The van der Waals surface area contributed by atoms with Gasteiger partial charge in [0.15, 0.2) is 25.1 Å². The Hall–Kier alpha value is -3.26. The zero-order valence-electron chi connectivity index (χ0n) is 25.3. The summed E-state index contributed by atoms with van der Waals surface area (Å²) in [5, 5.41) is 21.4. The molecule has 0 heterocycles. The summed E-state index contributed by atoms with van der Waals surface area (Å²) in [7, 11) is 3.12. The van der Waals surface area contributed by atoms with E-state index in [0.29, 0.717) is 30.9 Å². The summed E-state index contributed by atoms with van der Waals surface area (Å²) in [5.41, 5.74) is 3.91. The number of rotatable bonds is 22. The van der Waals surface area contributed by atoms with Crippen LogP contribution in [-0.2, 0) is 40.1 Å². The van der Waals surface area contributed by atoms with Crippen molar-refractivity contribution in [2.45, 2.75) is 77.2 Å². The number of phenolic OH excluding ortho intramolecular Hbond substituents is 2. The molecule has 3 rings (SSSR count). The number of ether oxygens (including phenoxy) is 5. The molecule has 0 fully saturated rings. The molecule has 42 heavy (non-hydrogen) atoms. The Kier molecular flexibility index (Phi) is 15.7. The molecule has 0 aliphatic carbocycles. The van der Waals surface area contributed by atoms with Gasteiger partial charge in [-0.2, -0.15) is 0 Å². The molecule has 3 aromatic rings. The van der Waals surface area contributed by atoms with Gasteiger partial charge in [-0.1, -0.05) is 80.6 Å². The second-order valence-corrected chi connectivity index (χ2v) is 10.6. The largest absolute Gasteiger partial charge is 0.508 e. The summed E-state index contributed by atoms with van der Waals surface area (Å²) < 4.78 is 27.0. The molecule has 0 atom stereocenters. The lowest BCUT2D eigenvalue weighted by Gasteiger charge is -2.16. The van der Waals surface area contributed by atoms with E-state index in [4.69, 9.17) is 23.7 Å². The number of aromatic hydroxyl groups is 2. The van der Waals surface area contributed by atoms with Gasteiger partial charge < -0.3 is 33.9 Å². The van der Waals surface area contributed by atoms with Gasteiger partial charge in [0, 0.05) is 26.9 Å². The van der Waals surface area contributed by atoms with Crippen LogP contribution in [0.5, 0.6) is 23.0 Å². The SMILES string of the molecule is COCOc1ccc(CCCc2ccc(CCCCCCCCCOCc3ccccc3)c(O)c2OCOC)c(O)c1. The van der Waals surface area contributed by atoms with Crippen LogP contribution in [0.15, 0.2) is 60.7 Å². The third kappa shape index (κ3) is 11.9. The van der Waals surface area contributed by atoms with Gasteiger partial charge in [-0.05, 0) is 66.8 Å². The quantitative estimate of drug-likeness (QED) is 0.0929. The molecular formula is C35H48O7. The fourth-order valence-corrected chi connectivity index (χ4v) is 4.94. The Labute approximate surface area is 251 Å². The molecule has 0 aliphatic rings. The lowest BCUT2D eigenvalue weighted by Crippen LogP contribution is -2.04. The van der Waals surface area contributed by atoms with Crippen molar-refractivity contribution >= 4 is 0 Å². The molecule has 0 bridgehead atoms. The number of unbranched alkanes of at least 4 members (excludes halogenated alkanes) is 6. The molecule has 230 valence electrons. The molecule has 0 aromatic heterocycles. The van der Waals surface area contributed by atoms with Gasteiger partial charge in [-0.25, -0.2) is 0 Å². The van der Waals surface area contributed by atoms with Crippen molar-refractivity contribution in [3.8, 4) is 23.0 Å². The van der Waals surface area contributed by atoms with Crippen molar-refractivity contribution in [2.75, 3.05) is 34.4 Å². The first-order valence-corrected chi connectivity index (χ1v) is 15.1. The normalized spacial score (nSPS) is 11.1. The smallest absolute Gasteiger partial charge is 0.188 e. The molecule has 0 saturated heterocycles. The van der Waals surface area contributed by atoms with Crippen LogP contribution in [0.2, 0.25) is 0 Å². The van der Waals surface area contributed by atoms with Crippen LogP contribution in [0.4, 0.5) is 0 Å². The number of methoxy groups -OCH3 is 2. The van der Waals surface area contributed by atoms with E-state index in [9.17, 15) is 10.2 Å². The van der Waals surface area contributed by atoms with Crippen molar-refractivity contribution < 1.29 is 33.9 Å². The van der Waals surface area contributed by atoms with Gasteiger partial charge in [0.25, 0.3) is 0 Å². The van der Waals surface area contributed by atoms with Crippen LogP contribution in [0.1, 0.15) is 73.6 Å². The number of hydrogen-bond acceptors (Lipinski definition) is 7. The highest BCUT2D eigenvalue weighted by Crippen LogP contribution is 2.36. The van der Waals surface area contributed by atoms with Crippen LogP contribution in [0, 0.1) is 0 Å². The van der Waals surface area contributed by atoms with Crippen LogP contribution in [-0.4, -0.2) is 44.6 Å². The van der Waals surface area contributed by atoms with Gasteiger partial charge in [-0.3, -0.25) is 0 Å². The molecule has 0 aliphatic heterocycles. The third-order valence-electron chi connectivity index (χ3n) is 7.26. The maximum atomic E-state index is 11.0. The summed E-state index contributed by atoms with van der Waals surface area (Å²) in [4.78, 5) is 0. The Morgan fingerprint density at radius 1 is 0.595 bits per heavy atom. The van der Waals surface area contributed by atoms with Crippen LogP contribution < -0.4 is 9.47 Å². The minimum Gasteiger partial charge on any atom is -0.508 e. The van der Waals surface area contributed by atoms with Crippen molar-refractivity contribution in [1.29, 1.82) is 0 Å². The average molecular weight is 581 g/mol. The second-order valence-electron chi connectivity index (χ2n) is 10.6. The minimum absolute atomic E-state index is 0.0744. The molecule has 2 N–H and O–H groups in total. The first-order chi connectivity index (χ1) is 20.6. The lowest BCUT2D eigenvalue weighted by atomic mass is 9.98. The highest BCUT2D eigenvalue weighted by Gasteiger charge is 2.15. The molecule has 0 amide bonds. The average Bonchev–Trinajstić information content (AvgIpc) is 3.00. The van der Waals surface area contributed by atoms with Crippen LogP contribution >= 0.6 is 0 Å². The van der Waals surface area contributed by atoms with Crippen LogP contribution in [0.25, 0.3) is 0 Å². The molecule has 0 saturated carbocycles. The molecule has 7 nitrogen and oxygen atoms in total. The van der Waals surface area contributed by atoms with E-state index in [1.807, 2.05) is 42.5 Å². The molecule has 7 heteroatoms. The van der Waals surface area contributed by atoms with E-state index in [1.165, 1.54) is 31.2 Å². The summed E-state index contributed by atoms with van der Waals surface area (Å²) in [5.74, 6) is 1.47. The van der Waals surface area contributed by atoms with Crippen molar-refractivity contribution in [3.05, 3.63) is 82.9 Å². The van der Waals surface area contributed by atoms with Gasteiger partial charge in [0.2, 0.25) is 0 Å². The fourth-order valence-electron chi connectivity index (χ4n) is 4.94. The van der Waals surface area contributed by atoms with E-state index in [2.05, 4.69) is 12.1 Å². The van der Waals surface area contributed by atoms with E-state index in [-0.39, 0.29) is 25.1 Å². The Bertz CT molecular complexity index is 1150. The Morgan fingerprint density at radius 2 is 1.21 bits per heavy atom. The topological polar surface area (TPSA) is 86.6 Å². The highest BCUT2D eigenvalue weighted by molar-refractivity contribution is 5.51. The lowest BCUT2D eigenvalue weighted by molar-refractivity contribution is 0.0483. The Balaban J connectivity index is 1.36. The molecular weight excluding hydrogens is 532 g/mol. The number of hydrogen-bond donors (Lipinski definition) is 2. The van der Waals surface area contributed by atoms with E-state index in [1.54, 1.807) is 20.3 Å². The summed E-state index contributed by atoms with van der Waals surface area (Å²) in [6, 6.07) is 19.7. The zero-order chi connectivity index (χ0) is 29.8. The Morgan fingerprint density at radius 3 is 1.95 bits per heavy atom. The van der Waals surface area contributed by atoms with Gasteiger partial charge >= 0.3 is 0 Å². The number of benzene rings is 3. The van der Waals surface area contributed by atoms with Crippen molar-refractivity contribution in [1.82, 2.24) is 0 Å². The minimum atomic E-state index is 0.0744. The van der Waals surface area contributed by atoms with Gasteiger partial charge in [-0.15, -0.1) is 0 Å². The first kappa shape index (κ1) is 33.2. The number of phenols is 2. The van der Waals surface area contributed by atoms with Crippen molar-refractivity contribution in [3.63, 3.8) is 0 Å². The van der Waals surface area contributed by atoms with Crippen LogP contribution in [0.3, 0.4) is 0 Å². The molecule has 0 unspecified atom stereocenters. The maximum absolute atomic E-state index is 11.0. The third-order valence-corrected chi connectivity index (χ3v) is 7.26. The second kappa shape index (κ2) is 19.8. The summed E-state index contributed by atoms with van der Waals surface area (Å²) in [6.07, 6.45) is 11.1. The van der Waals surface area contributed by atoms with E-state index in [0.717, 1.165) is 55.4 Å². The first-order valence-electron chi connectivity index (χ1n) is 15.1. The predicted octanol–water partition coefficient (Wildman–Crippen LogP) is 7.73. The van der Waals surface area contributed by atoms with E-state index >= 15 is 0 Å². The monoisotopic (exact) mass is 580 g/mol. The fraction of sp³-hybridized carbons (Fsp3) is 0.486. The predicted molar refractivity (Wildman–Crippen MR) is 165 cm³/mol. The molecule has 0 radical (unpaired) electrons. The van der Waals surface area contributed by atoms with Gasteiger partial charge in [0.05, 0.1) is 6.61 Å². The van der Waals surface area contributed by atoms with Crippen molar-refractivity contribution in [2.24, 2.45) is 0 Å². The summed E-state index contributed by atoms with van der Waals surface area (Å²) >= 11 is 0. The zero-order valence-corrected chi connectivity index (χ0v) is 25.3. The number of aryl methyl sites for hydroxylation is 3. The standard InChI is InChI=1S/C35H48O7/c1-38-26-41-32-22-21-29(33(36)24-32)17-13-18-31-20-19-30(34(37)35(31)42-27-39-2)16-11-6-4-3-5-7-12-23-40-25-28-14-9-8-10-15-28/h8-10,14-15,19-22,24,36-37H,3-7,11-13,16-18,23,25-27H2,1-2H3. The van der Waals surface area contributed by atoms with E-state index < -0.39 is 0 Å². The molecule has 0 spiro atoms. The summed E-state index contributed by atoms with van der Waals surface area (Å²) in [6.45, 7) is 1.72. The maximum Gasteiger partial charge on any atom is 0.188 e. The molecule has 3 aromatic carbocycles.